The highest BCUT2D eigenvalue weighted by Gasteiger charge is 2.24. The molecular weight excluding hydrogens is 276 g/mol. The summed E-state index contributed by atoms with van der Waals surface area (Å²) in [5, 5.41) is 0. The topological polar surface area (TPSA) is 0 Å². The Kier molecular flexibility index (Phi) is 3.75. The molecule has 23 heavy (non-hydrogen) atoms. The highest BCUT2D eigenvalue weighted by Crippen LogP contribution is 2.40. The van der Waals surface area contributed by atoms with Crippen LogP contribution in [0.25, 0.3) is 17.2 Å². The van der Waals surface area contributed by atoms with Gasteiger partial charge in [0.15, 0.2) is 0 Å². The number of hydrogen-bond acceptors (Lipinski definition) is 0. The standard InChI is InChI=1S/C23H28/c1-22(2,3)18-12-10-16(11-13-18)20-9-7-8-17-14-19(15-21(17)20)23(4,5)6/h7-13,15H,14H2,1-6H3. The number of allylic oxidation sites excluding steroid dienone is 1. The van der Waals surface area contributed by atoms with Gasteiger partial charge in [0.2, 0.25) is 0 Å². The summed E-state index contributed by atoms with van der Waals surface area (Å²) in [6.45, 7) is 13.7. The molecular formula is C23H28. The molecule has 0 aromatic heterocycles. The Hall–Kier alpha value is -1.82. The van der Waals surface area contributed by atoms with E-state index in [-0.39, 0.29) is 10.8 Å². The van der Waals surface area contributed by atoms with Gasteiger partial charge in [-0.25, -0.2) is 0 Å². The summed E-state index contributed by atoms with van der Waals surface area (Å²) in [6, 6.07) is 15.8. The molecule has 1 aliphatic carbocycles. The third kappa shape index (κ3) is 3.13. The molecule has 2 aromatic carbocycles. The van der Waals surface area contributed by atoms with Gasteiger partial charge in [-0.3, -0.25) is 0 Å². The molecule has 120 valence electrons. The highest BCUT2D eigenvalue weighted by atomic mass is 14.3. The van der Waals surface area contributed by atoms with Crippen LogP contribution in [0, 0.1) is 5.41 Å². The van der Waals surface area contributed by atoms with Crippen molar-refractivity contribution in [3.8, 4) is 11.1 Å². The van der Waals surface area contributed by atoms with Crippen LogP contribution in [0.1, 0.15) is 58.2 Å². The van der Waals surface area contributed by atoms with Crippen molar-refractivity contribution in [2.45, 2.75) is 53.4 Å². The Morgan fingerprint density at radius 1 is 0.739 bits per heavy atom. The maximum atomic E-state index is 2.42. The van der Waals surface area contributed by atoms with Crippen LogP contribution in [0.15, 0.2) is 48.0 Å². The van der Waals surface area contributed by atoms with Crippen LogP contribution in [0.5, 0.6) is 0 Å². The largest absolute Gasteiger partial charge is 0.0613 e. The van der Waals surface area contributed by atoms with E-state index in [1.165, 1.54) is 33.4 Å². The molecule has 2 aromatic rings. The van der Waals surface area contributed by atoms with Crippen molar-refractivity contribution in [1.29, 1.82) is 0 Å². The number of fused-ring (bicyclic) bond motifs is 1. The summed E-state index contributed by atoms with van der Waals surface area (Å²) >= 11 is 0. The minimum absolute atomic E-state index is 0.205. The van der Waals surface area contributed by atoms with Gasteiger partial charge in [-0.1, -0.05) is 95.7 Å². The fourth-order valence-corrected chi connectivity index (χ4v) is 3.25. The van der Waals surface area contributed by atoms with Gasteiger partial charge in [-0.2, -0.15) is 0 Å². The molecule has 0 amide bonds. The van der Waals surface area contributed by atoms with Crippen LogP contribution in [-0.2, 0) is 11.8 Å². The van der Waals surface area contributed by atoms with Crippen molar-refractivity contribution in [2.75, 3.05) is 0 Å². The summed E-state index contributed by atoms with van der Waals surface area (Å²) in [5.41, 5.74) is 8.94. The molecule has 0 nitrogen and oxygen atoms in total. The lowest BCUT2D eigenvalue weighted by molar-refractivity contribution is 0.498. The Labute approximate surface area is 141 Å². The van der Waals surface area contributed by atoms with E-state index >= 15 is 0 Å². The van der Waals surface area contributed by atoms with Gasteiger partial charge in [-0.05, 0) is 45.1 Å². The van der Waals surface area contributed by atoms with E-state index in [1.54, 1.807) is 0 Å². The van der Waals surface area contributed by atoms with Crippen LogP contribution >= 0.6 is 0 Å². The van der Waals surface area contributed by atoms with E-state index in [4.69, 9.17) is 0 Å². The van der Waals surface area contributed by atoms with Gasteiger partial charge in [0, 0.05) is 0 Å². The van der Waals surface area contributed by atoms with Crippen molar-refractivity contribution >= 4 is 6.08 Å². The molecule has 0 heterocycles. The van der Waals surface area contributed by atoms with E-state index in [0.29, 0.717) is 0 Å². The summed E-state index contributed by atoms with van der Waals surface area (Å²) in [7, 11) is 0. The smallest absolute Gasteiger partial charge is 0.00523 e. The number of rotatable bonds is 1. The van der Waals surface area contributed by atoms with Crippen LogP contribution in [0.2, 0.25) is 0 Å². The third-order valence-electron chi connectivity index (χ3n) is 4.92. The van der Waals surface area contributed by atoms with E-state index in [9.17, 15) is 0 Å². The third-order valence-corrected chi connectivity index (χ3v) is 4.92. The molecule has 1 aliphatic rings. The molecule has 0 N–H and O–H groups in total. The molecule has 0 spiro atoms. The van der Waals surface area contributed by atoms with Gasteiger partial charge in [0.25, 0.3) is 0 Å². The van der Waals surface area contributed by atoms with Crippen molar-refractivity contribution in [3.05, 3.63) is 64.7 Å². The van der Waals surface area contributed by atoms with Crippen molar-refractivity contribution < 1.29 is 0 Å². The van der Waals surface area contributed by atoms with E-state index in [0.717, 1.165) is 6.42 Å². The second-order valence-corrected chi connectivity index (χ2v) is 8.80. The molecule has 3 rings (SSSR count). The molecule has 0 saturated carbocycles. The maximum Gasteiger partial charge on any atom is -0.00523 e. The Bertz CT molecular complexity index is 744. The van der Waals surface area contributed by atoms with Crippen molar-refractivity contribution in [3.63, 3.8) is 0 Å². The average molecular weight is 304 g/mol. The van der Waals surface area contributed by atoms with Crippen molar-refractivity contribution in [2.24, 2.45) is 5.41 Å². The summed E-state index contributed by atoms with van der Waals surface area (Å²) in [6.07, 6.45) is 3.51. The molecule has 0 unspecified atom stereocenters. The van der Waals surface area contributed by atoms with Gasteiger partial charge in [0.1, 0.15) is 0 Å². The molecule has 0 heteroatoms. The highest BCUT2D eigenvalue weighted by molar-refractivity contribution is 5.81. The fraction of sp³-hybridized carbons (Fsp3) is 0.391. The first-order valence-corrected chi connectivity index (χ1v) is 8.60. The fourth-order valence-electron chi connectivity index (χ4n) is 3.25. The molecule has 0 aliphatic heterocycles. The summed E-state index contributed by atoms with van der Waals surface area (Å²) in [5.74, 6) is 0. The molecule has 0 saturated heterocycles. The second-order valence-electron chi connectivity index (χ2n) is 8.80. The Balaban J connectivity index is 2.04. The maximum absolute atomic E-state index is 2.42. The first-order valence-electron chi connectivity index (χ1n) is 8.60. The first-order chi connectivity index (χ1) is 10.7. The zero-order valence-corrected chi connectivity index (χ0v) is 15.3. The minimum atomic E-state index is 0.205. The predicted octanol–water partition coefficient (Wildman–Crippen LogP) is 6.64. The van der Waals surface area contributed by atoms with Crippen LogP contribution in [0.4, 0.5) is 0 Å². The Morgan fingerprint density at radius 2 is 1.39 bits per heavy atom. The molecule has 0 bridgehead atoms. The number of hydrogen-bond donors (Lipinski definition) is 0. The van der Waals surface area contributed by atoms with E-state index < -0.39 is 0 Å². The van der Waals surface area contributed by atoms with Crippen molar-refractivity contribution in [1.82, 2.24) is 0 Å². The summed E-state index contributed by atoms with van der Waals surface area (Å²) < 4.78 is 0. The minimum Gasteiger partial charge on any atom is -0.0613 e. The lowest BCUT2D eigenvalue weighted by Gasteiger charge is -2.19. The molecule has 0 radical (unpaired) electrons. The zero-order chi connectivity index (χ0) is 16.8. The van der Waals surface area contributed by atoms with Gasteiger partial charge >= 0.3 is 0 Å². The average Bonchev–Trinajstić information content (AvgIpc) is 2.90. The van der Waals surface area contributed by atoms with Gasteiger partial charge < -0.3 is 0 Å². The first kappa shape index (κ1) is 16.1. The second kappa shape index (κ2) is 5.37. The SMILES string of the molecule is CC(C)(C)C1=Cc2c(cccc2-c2ccc(C(C)(C)C)cc2)C1. The molecule has 0 fully saturated rings. The van der Waals surface area contributed by atoms with Gasteiger partial charge in [0.05, 0.1) is 0 Å². The molecule has 0 atom stereocenters. The summed E-state index contributed by atoms with van der Waals surface area (Å²) in [4.78, 5) is 0. The van der Waals surface area contributed by atoms with E-state index in [1.807, 2.05) is 0 Å². The van der Waals surface area contributed by atoms with E-state index in [2.05, 4.69) is 90.1 Å². The normalized spacial score (nSPS) is 14.6. The van der Waals surface area contributed by atoms with Crippen LogP contribution < -0.4 is 0 Å². The van der Waals surface area contributed by atoms with Crippen LogP contribution in [0.3, 0.4) is 0 Å². The quantitative estimate of drug-likeness (QED) is 0.554. The monoisotopic (exact) mass is 304 g/mol. The Morgan fingerprint density at radius 3 is 1.96 bits per heavy atom. The van der Waals surface area contributed by atoms with Gasteiger partial charge in [-0.15, -0.1) is 0 Å². The zero-order valence-electron chi connectivity index (χ0n) is 15.3. The number of benzene rings is 2. The lowest BCUT2D eigenvalue weighted by Crippen LogP contribution is -2.10. The van der Waals surface area contributed by atoms with Crippen LogP contribution in [-0.4, -0.2) is 0 Å². The lowest BCUT2D eigenvalue weighted by atomic mass is 9.85. The predicted molar refractivity (Wildman–Crippen MR) is 102 cm³/mol.